The Hall–Kier alpha value is -1.11. The standard InChI is InChI=1S/C11H18N2O3S/c1-7-6-8(2)11(9(3)10(7)12)17(15,16)13-4-5-14/h6,13-14H,4-5,12H2,1-3H3. The highest BCUT2D eigenvalue weighted by molar-refractivity contribution is 7.89. The third-order valence-electron chi connectivity index (χ3n) is 2.63. The maximum atomic E-state index is 12.0. The van der Waals surface area contributed by atoms with Crippen molar-refractivity contribution in [2.24, 2.45) is 0 Å². The molecule has 0 radical (unpaired) electrons. The zero-order valence-corrected chi connectivity index (χ0v) is 11.1. The molecule has 0 aliphatic rings. The molecule has 0 saturated carbocycles. The molecule has 6 heteroatoms. The molecule has 0 bridgehead atoms. The molecule has 0 fully saturated rings. The van der Waals surface area contributed by atoms with Crippen molar-refractivity contribution >= 4 is 15.7 Å². The smallest absolute Gasteiger partial charge is 0.241 e. The molecule has 0 heterocycles. The van der Waals surface area contributed by atoms with E-state index in [0.717, 1.165) is 5.56 Å². The number of hydrogen-bond donors (Lipinski definition) is 3. The number of anilines is 1. The molecule has 0 unspecified atom stereocenters. The third-order valence-corrected chi connectivity index (χ3v) is 4.38. The van der Waals surface area contributed by atoms with Gasteiger partial charge in [0.05, 0.1) is 11.5 Å². The SMILES string of the molecule is Cc1cc(C)c(S(=O)(=O)NCCO)c(C)c1N. The molecule has 1 aromatic carbocycles. The Morgan fingerprint density at radius 2 is 1.88 bits per heavy atom. The van der Waals surface area contributed by atoms with Gasteiger partial charge in [0, 0.05) is 12.2 Å². The number of aliphatic hydroxyl groups is 1. The van der Waals surface area contributed by atoms with Crippen molar-refractivity contribution in [1.29, 1.82) is 0 Å². The molecule has 0 aliphatic heterocycles. The lowest BCUT2D eigenvalue weighted by atomic mass is 10.1. The number of aryl methyl sites for hydroxylation is 2. The molecular weight excluding hydrogens is 240 g/mol. The molecular formula is C11H18N2O3S. The van der Waals surface area contributed by atoms with E-state index in [4.69, 9.17) is 10.8 Å². The lowest BCUT2D eigenvalue weighted by molar-refractivity contribution is 0.301. The van der Waals surface area contributed by atoms with E-state index >= 15 is 0 Å². The number of nitrogens with two attached hydrogens (primary N) is 1. The van der Waals surface area contributed by atoms with Gasteiger partial charge in [0.25, 0.3) is 0 Å². The Balaban J connectivity index is 3.37. The summed E-state index contributed by atoms with van der Waals surface area (Å²) in [7, 11) is -3.61. The molecule has 0 spiro atoms. The Morgan fingerprint density at radius 3 is 2.41 bits per heavy atom. The third kappa shape index (κ3) is 2.77. The molecule has 0 aliphatic carbocycles. The summed E-state index contributed by atoms with van der Waals surface area (Å²) in [6, 6.07) is 1.75. The van der Waals surface area contributed by atoms with Crippen molar-refractivity contribution in [3.8, 4) is 0 Å². The summed E-state index contributed by atoms with van der Waals surface area (Å²) < 4.78 is 26.4. The van der Waals surface area contributed by atoms with Crippen molar-refractivity contribution in [2.45, 2.75) is 25.7 Å². The zero-order chi connectivity index (χ0) is 13.2. The molecule has 17 heavy (non-hydrogen) atoms. The van der Waals surface area contributed by atoms with Crippen molar-refractivity contribution in [3.05, 3.63) is 22.8 Å². The summed E-state index contributed by atoms with van der Waals surface area (Å²) in [4.78, 5) is 0.203. The number of benzene rings is 1. The fraction of sp³-hybridized carbons (Fsp3) is 0.455. The summed E-state index contributed by atoms with van der Waals surface area (Å²) in [5, 5.41) is 8.66. The molecule has 96 valence electrons. The van der Waals surface area contributed by atoms with Gasteiger partial charge >= 0.3 is 0 Å². The molecule has 0 saturated heterocycles. The first-order valence-corrected chi connectivity index (χ1v) is 6.76. The van der Waals surface area contributed by atoms with Gasteiger partial charge in [0.15, 0.2) is 0 Å². The van der Waals surface area contributed by atoms with Crippen LogP contribution in [0.4, 0.5) is 5.69 Å². The van der Waals surface area contributed by atoms with E-state index in [0.29, 0.717) is 16.8 Å². The van der Waals surface area contributed by atoms with Gasteiger partial charge in [-0.2, -0.15) is 0 Å². The maximum Gasteiger partial charge on any atom is 0.241 e. The lowest BCUT2D eigenvalue weighted by Gasteiger charge is -2.15. The van der Waals surface area contributed by atoms with Crippen LogP contribution < -0.4 is 10.5 Å². The minimum absolute atomic E-state index is 0.00497. The van der Waals surface area contributed by atoms with Crippen LogP contribution in [0, 0.1) is 20.8 Å². The molecule has 4 N–H and O–H groups in total. The van der Waals surface area contributed by atoms with E-state index in [1.165, 1.54) is 0 Å². The number of nitrogen functional groups attached to an aromatic ring is 1. The lowest BCUT2D eigenvalue weighted by Crippen LogP contribution is -2.28. The van der Waals surface area contributed by atoms with Gasteiger partial charge in [-0.3, -0.25) is 0 Å². The van der Waals surface area contributed by atoms with Crippen molar-refractivity contribution in [1.82, 2.24) is 4.72 Å². The summed E-state index contributed by atoms with van der Waals surface area (Å²) >= 11 is 0. The first kappa shape index (κ1) is 14.0. The predicted octanol–water partition coefficient (Wildman–Crippen LogP) is 0.465. The Bertz CT molecular complexity index is 524. The Morgan fingerprint density at radius 1 is 1.29 bits per heavy atom. The second kappa shape index (κ2) is 5.03. The van der Waals surface area contributed by atoms with E-state index in [2.05, 4.69) is 4.72 Å². The molecule has 1 rings (SSSR count). The van der Waals surface area contributed by atoms with Crippen molar-refractivity contribution < 1.29 is 13.5 Å². The largest absolute Gasteiger partial charge is 0.398 e. The van der Waals surface area contributed by atoms with E-state index < -0.39 is 10.0 Å². The minimum Gasteiger partial charge on any atom is -0.398 e. The van der Waals surface area contributed by atoms with Crippen LogP contribution in [0.3, 0.4) is 0 Å². The highest BCUT2D eigenvalue weighted by atomic mass is 32.2. The van der Waals surface area contributed by atoms with Crippen molar-refractivity contribution in [2.75, 3.05) is 18.9 Å². The van der Waals surface area contributed by atoms with E-state index in [1.54, 1.807) is 19.9 Å². The Kier molecular flexibility index (Phi) is 4.13. The van der Waals surface area contributed by atoms with Crippen LogP contribution in [-0.4, -0.2) is 26.7 Å². The van der Waals surface area contributed by atoms with Crippen LogP contribution in [0.2, 0.25) is 0 Å². The number of sulfonamides is 1. The minimum atomic E-state index is -3.61. The van der Waals surface area contributed by atoms with Gasteiger partial charge < -0.3 is 10.8 Å². The molecule has 0 amide bonds. The van der Waals surface area contributed by atoms with Crippen LogP contribution in [0.25, 0.3) is 0 Å². The van der Waals surface area contributed by atoms with Gasteiger partial charge in [0.1, 0.15) is 0 Å². The Labute approximate surface area is 102 Å². The average Bonchev–Trinajstić information content (AvgIpc) is 2.23. The molecule has 0 aromatic heterocycles. The van der Waals surface area contributed by atoms with E-state index in [9.17, 15) is 8.42 Å². The van der Waals surface area contributed by atoms with Gasteiger partial charge in [-0.05, 0) is 37.5 Å². The quantitative estimate of drug-likeness (QED) is 0.684. The topological polar surface area (TPSA) is 92.4 Å². The summed E-state index contributed by atoms with van der Waals surface area (Å²) in [6.07, 6.45) is 0. The fourth-order valence-electron chi connectivity index (χ4n) is 1.85. The number of hydrogen-bond acceptors (Lipinski definition) is 4. The number of aliphatic hydroxyl groups excluding tert-OH is 1. The van der Waals surface area contributed by atoms with Crippen LogP contribution in [-0.2, 0) is 10.0 Å². The highest BCUT2D eigenvalue weighted by Gasteiger charge is 2.21. The first-order chi connectivity index (χ1) is 7.81. The summed E-state index contributed by atoms with van der Waals surface area (Å²) in [6.45, 7) is 5.01. The van der Waals surface area contributed by atoms with Crippen molar-refractivity contribution in [3.63, 3.8) is 0 Å². The van der Waals surface area contributed by atoms with Crippen LogP contribution in [0.5, 0.6) is 0 Å². The van der Waals surface area contributed by atoms with Crippen LogP contribution in [0.1, 0.15) is 16.7 Å². The van der Waals surface area contributed by atoms with E-state index in [-0.39, 0.29) is 18.0 Å². The molecule has 0 atom stereocenters. The highest BCUT2D eigenvalue weighted by Crippen LogP contribution is 2.27. The van der Waals surface area contributed by atoms with Crippen LogP contribution >= 0.6 is 0 Å². The second-order valence-corrected chi connectivity index (χ2v) is 5.70. The fourth-order valence-corrected chi connectivity index (χ4v) is 3.35. The number of nitrogens with one attached hydrogen (secondary N) is 1. The average molecular weight is 258 g/mol. The van der Waals surface area contributed by atoms with Gasteiger partial charge in [-0.15, -0.1) is 0 Å². The van der Waals surface area contributed by atoms with Gasteiger partial charge in [0.2, 0.25) is 10.0 Å². The molecule has 1 aromatic rings. The summed E-state index contributed by atoms with van der Waals surface area (Å²) in [5.74, 6) is 0. The predicted molar refractivity (Wildman–Crippen MR) is 67.3 cm³/mol. The van der Waals surface area contributed by atoms with Crippen LogP contribution in [0.15, 0.2) is 11.0 Å². The first-order valence-electron chi connectivity index (χ1n) is 5.28. The zero-order valence-electron chi connectivity index (χ0n) is 10.2. The monoisotopic (exact) mass is 258 g/mol. The van der Waals surface area contributed by atoms with Gasteiger partial charge in [-0.1, -0.05) is 6.07 Å². The number of rotatable bonds is 4. The van der Waals surface area contributed by atoms with Gasteiger partial charge in [-0.25, -0.2) is 13.1 Å². The maximum absolute atomic E-state index is 12.0. The second-order valence-electron chi connectivity index (χ2n) is 4.00. The normalized spacial score (nSPS) is 11.8. The van der Waals surface area contributed by atoms with E-state index in [1.807, 2.05) is 6.92 Å². The molecule has 5 nitrogen and oxygen atoms in total. The summed E-state index contributed by atoms with van der Waals surface area (Å²) in [5.41, 5.74) is 8.38.